The van der Waals surface area contributed by atoms with E-state index in [9.17, 15) is 4.79 Å². The van der Waals surface area contributed by atoms with Gasteiger partial charge >= 0.3 is 6.03 Å². The minimum absolute atomic E-state index is 0.312. The first kappa shape index (κ1) is 17.8. The average molecular weight is 372 g/mol. The summed E-state index contributed by atoms with van der Waals surface area (Å²) in [6.45, 7) is 2.55. The van der Waals surface area contributed by atoms with E-state index < -0.39 is 0 Å². The molecule has 2 aromatic carbocycles. The number of nitrogens with one attached hydrogen (secondary N) is 3. The first-order valence-corrected chi connectivity index (χ1v) is 8.40. The quantitative estimate of drug-likeness (QED) is 0.577. The molecule has 2 amide bonds. The zero-order chi connectivity index (χ0) is 18.4. The third kappa shape index (κ3) is 4.97. The molecule has 3 aromatic rings. The van der Waals surface area contributed by atoms with Crippen molar-refractivity contribution >= 4 is 23.3 Å². The lowest BCUT2D eigenvalue weighted by atomic mass is 10.2. The summed E-state index contributed by atoms with van der Waals surface area (Å²) in [5.74, 6) is 2.02. The summed E-state index contributed by atoms with van der Waals surface area (Å²) in [6, 6.07) is 14.1. The van der Waals surface area contributed by atoms with Gasteiger partial charge in [0.15, 0.2) is 5.82 Å². The van der Waals surface area contributed by atoms with Crippen LogP contribution in [-0.2, 0) is 0 Å². The minimum atomic E-state index is -0.312. The number of aryl methyl sites for hydroxylation is 1. The van der Waals surface area contributed by atoms with Crippen molar-refractivity contribution < 1.29 is 9.53 Å². The summed E-state index contributed by atoms with van der Waals surface area (Å²) in [5, 5.41) is 13.1. The van der Waals surface area contributed by atoms with E-state index in [2.05, 4.69) is 25.8 Å². The molecule has 0 unspecified atom stereocenters. The summed E-state index contributed by atoms with van der Waals surface area (Å²) in [6.07, 6.45) is 0. The Bertz CT molecular complexity index is 879. The Labute approximate surface area is 155 Å². The molecule has 0 radical (unpaired) electrons. The summed E-state index contributed by atoms with van der Waals surface area (Å²) in [7, 11) is 0. The highest BCUT2D eigenvalue weighted by Crippen LogP contribution is 2.19. The number of halogens is 1. The van der Waals surface area contributed by atoms with E-state index in [1.165, 1.54) is 0 Å². The molecule has 0 atom stereocenters. The molecule has 0 spiro atoms. The molecule has 0 aliphatic rings. The Balaban J connectivity index is 1.46. The first-order valence-electron chi connectivity index (χ1n) is 8.03. The zero-order valence-corrected chi connectivity index (χ0v) is 14.9. The van der Waals surface area contributed by atoms with E-state index in [1.807, 2.05) is 25.1 Å². The summed E-state index contributed by atoms with van der Waals surface area (Å²) in [5.41, 5.74) is 1.47. The lowest BCUT2D eigenvalue weighted by Crippen LogP contribution is -2.32. The van der Waals surface area contributed by atoms with Crippen LogP contribution in [0.4, 0.5) is 10.5 Å². The van der Waals surface area contributed by atoms with Crippen molar-refractivity contribution in [3.63, 3.8) is 0 Å². The number of aromatic nitrogens is 3. The summed E-state index contributed by atoms with van der Waals surface area (Å²) >= 11 is 5.81. The normalized spacial score (nSPS) is 10.4. The van der Waals surface area contributed by atoms with E-state index in [4.69, 9.17) is 16.3 Å². The maximum Gasteiger partial charge on any atom is 0.319 e. The molecule has 26 heavy (non-hydrogen) atoms. The minimum Gasteiger partial charge on any atom is -0.492 e. The van der Waals surface area contributed by atoms with E-state index in [0.717, 1.165) is 11.4 Å². The molecule has 0 aliphatic heterocycles. The molecule has 8 heteroatoms. The molecule has 0 bridgehead atoms. The van der Waals surface area contributed by atoms with Crippen LogP contribution in [0.5, 0.6) is 5.75 Å². The lowest BCUT2D eigenvalue weighted by Gasteiger charge is -2.09. The summed E-state index contributed by atoms with van der Waals surface area (Å²) in [4.78, 5) is 16.3. The maximum atomic E-state index is 12.0. The average Bonchev–Trinajstić information content (AvgIpc) is 3.07. The van der Waals surface area contributed by atoms with Crippen LogP contribution in [0.1, 0.15) is 5.82 Å². The molecule has 1 aromatic heterocycles. The Kier molecular flexibility index (Phi) is 5.70. The zero-order valence-electron chi connectivity index (χ0n) is 14.1. The second-order valence-electron chi connectivity index (χ2n) is 5.51. The van der Waals surface area contributed by atoms with E-state index in [-0.39, 0.29) is 6.03 Å². The van der Waals surface area contributed by atoms with Gasteiger partial charge < -0.3 is 15.4 Å². The molecule has 0 saturated carbocycles. The number of hydrogen-bond acceptors (Lipinski definition) is 4. The predicted octanol–water partition coefficient (Wildman–Crippen LogP) is 3.63. The molecule has 0 fully saturated rings. The van der Waals surface area contributed by atoms with Gasteiger partial charge in [0.2, 0.25) is 0 Å². The van der Waals surface area contributed by atoms with Gasteiger partial charge in [0.25, 0.3) is 0 Å². The molecular weight excluding hydrogens is 354 g/mol. The number of hydrogen-bond donors (Lipinski definition) is 3. The second kappa shape index (κ2) is 8.35. The number of nitrogens with zero attached hydrogens (tertiary/aromatic N) is 2. The van der Waals surface area contributed by atoms with Gasteiger partial charge in [-0.3, -0.25) is 5.10 Å². The molecule has 134 valence electrons. The number of carbonyl (C=O) groups is 1. The number of ether oxygens (including phenoxy) is 1. The molecular formula is C18H18ClN5O2. The number of benzene rings is 2. The predicted molar refractivity (Wildman–Crippen MR) is 101 cm³/mol. The SMILES string of the molecule is Cc1nc(-c2cccc(NC(=O)NCCOc3ccc(Cl)cc3)c2)n[nH]1. The van der Waals surface area contributed by atoms with Gasteiger partial charge in [-0.2, -0.15) is 5.10 Å². The second-order valence-corrected chi connectivity index (χ2v) is 5.94. The summed E-state index contributed by atoms with van der Waals surface area (Å²) < 4.78 is 5.52. The molecule has 0 aliphatic carbocycles. The standard InChI is InChI=1S/C18H18ClN5O2/c1-12-21-17(24-23-12)13-3-2-4-15(11-13)22-18(25)20-9-10-26-16-7-5-14(19)6-8-16/h2-8,11H,9-10H2,1H3,(H2,20,22,25)(H,21,23,24). The Morgan fingerprint density at radius 2 is 2.04 bits per heavy atom. The van der Waals surface area contributed by atoms with Gasteiger partial charge in [-0.1, -0.05) is 23.7 Å². The Morgan fingerprint density at radius 3 is 2.77 bits per heavy atom. The number of rotatable bonds is 6. The number of carbonyl (C=O) groups excluding carboxylic acids is 1. The molecule has 3 rings (SSSR count). The molecule has 0 saturated heterocycles. The van der Waals surface area contributed by atoms with Crippen molar-refractivity contribution in [3.05, 3.63) is 59.4 Å². The molecule has 7 nitrogen and oxygen atoms in total. The van der Waals surface area contributed by atoms with Crippen molar-refractivity contribution in [1.29, 1.82) is 0 Å². The number of amides is 2. The third-order valence-corrected chi connectivity index (χ3v) is 3.70. The number of anilines is 1. The number of aromatic amines is 1. The van der Waals surface area contributed by atoms with Crippen LogP contribution >= 0.6 is 11.6 Å². The fourth-order valence-corrected chi connectivity index (χ4v) is 2.37. The topological polar surface area (TPSA) is 91.9 Å². The fraction of sp³-hybridized carbons (Fsp3) is 0.167. The van der Waals surface area contributed by atoms with Crippen LogP contribution in [0.25, 0.3) is 11.4 Å². The van der Waals surface area contributed by atoms with Crippen molar-refractivity contribution in [2.24, 2.45) is 0 Å². The number of urea groups is 1. The van der Waals surface area contributed by atoms with Crippen LogP contribution in [0.3, 0.4) is 0 Å². The van der Waals surface area contributed by atoms with Crippen LogP contribution in [0.2, 0.25) is 5.02 Å². The van der Waals surface area contributed by atoms with Crippen molar-refractivity contribution in [2.75, 3.05) is 18.5 Å². The molecule has 3 N–H and O–H groups in total. The van der Waals surface area contributed by atoms with Gasteiger partial charge in [-0.15, -0.1) is 0 Å². The third-order valence-electron chi connectivity index (χ3n) is 3.45. The monoisotopic (exact) mass is 371 g/mol. The van der Waals surface area contributed by atoms with E-state index in [0.29, 0.717) is 35.4 Å². The van der Waals surface area contributed by atoms with E-state index in [1.54, 1.807) is 30.3 Å². The van der Waals surface area contributed by atoms with Gasteiger partial charge in [0.1, 0.15) is 18.2 Å². The van der Waals surface area contributed by atoms with Crippen LogP contribution < -0.4 is 15.4 Å². The number of H-pyrrole nitrogens is 1. The Hall–Kier alpha value is -3.06. The van der Waals surface area contributed by atoms with Crippen molar-refractivity contribution in [3.8, 4) is 17.1 Å². The van der Waals surface area contributed by atoms with Gasteiger partial charge in [0.05, 0.1) is 6.54 Å². The highest BCUT2D eigenvalue weighted by Gasteiger charge is 2.06. The first-order chi connectivity index (χ1) is 12.6. The van der Waals surface area contributed by atoms with E-state index >= 15 is 0 Å². The van der Waals surface area contributed by atoms with Crippen LogP contribution in [0.15, 0.2) is 48.5 Å². The largest absolute Gasteiger partial charge is 0.492 e. The maximum absolute atomic E-state index is 12.0. The van der Waals surface area contributed by atoms with Gasteiger partial charge in [0, 0.05) is 16.3 Å². The van der Waals surface area contributed by atoms with Crippen LogP contribution in [0, 0.1) is 6.92 Å². The lowest BCUT2D eigenvalue weighted by molar-refractivity contribution is 0.247. The van der Waals surface area contributed by atoms with Crippen LogP contribution in [-0.4, -0.2) is 34.4 Å². The van der Waals surface area contributed by atoms with Crippen molar-refractivity contribution in [1.82, 2.24) is 20.5 Å². The van der Waals surface area contributed by atoms with Crippen molar-refractivity contribution in [2.45, 2.75) is 6.92 Å². The molecule has 1 heterocycles. The van der Waals surface area contributed by atoms with Gasteiger partial charge in [-0.05, 0) is 43.3 Å². The highest BCUT2D eigenvalue weighted by molar-refractivity contribution is 6.30. The Morgan fingerprint density at radius 1 is 1.23 bits per heavy atom. The smallest absolute Gasteiger partial charge is 0.319 e. The van der Waals surface area contributed by atoms with Gasteiger partial charge in [-0.25, -0.2) is 9.78 Å². The fourth-order valence-electron chi connectivity index (χ4n) is 2.25. The highest BCUT2D eigenvalue weighted by atomic mass is 35.5.